The van der Waals surface area contributed by atoms with Crippen molar-refractivity contribution in [1.82, 2.24) is 25.1 Å². The minimum atomic E-state index is -2.30. The van der Waals surface area contributed by atoms with Crippen molar-refractivity contribution in [2.75, 3.05) is 79.1 Å². The van der Waals surface area contributed by atoms with Gasteiger partial charge in [-0.1, -0.05) is 105 Å². The van der Waals surface area contributed by atoms with Gasteiger partial charge in [0.25, 0.3) is 0 Å². The Balaban J connectivity index is 0.000000147. The van der Waals surface area contributed by atoms with Gasteiger partial charge in [0.1, 0.15) is 11.2 Å². The molecule has 6 aliphatic heterocycles. The molecule has 18 rings (SSSR count). The molecule has 21 heteroatoms. The molecule has 3 aromatic carbocycles. The molecule has 2 aromatic heterocycles. The first-order chi connectivity index (χ1) is 52.6. The number of pyridine rings is 1. The fourth-order valence-electron chi connectivity index (χ4n) is 25.1. The first-order valence-corrected chi connectivity index (χ1v) is 40.9. The van der Waals surface area contributed by atoms with Crippen molar-refractivity contribution in [2.24, 2.45) is 51.8 Å². The number of allylic oxidation sites excluding steroid dienone is 4. The number of fused-ring (bicyclic) bond motifs is 15. The molecule has 0 amide bonds. The number of piperidine rings is 2. The molecule has 4 saturated carbocycles. The number of ketones is 2. The van der Waals surface area contributed by atoms with Crippen LogP contribution in [0.3, 0.4) is 0 Å². The number of aliphatic hydroxyl groups is 2. The van der Waals surface area contributed by atoms with Crippen LogP contribution in [0.2, 0.25) is 5.02 Å². The van der Waals surface area contributed by atoms with Gasteiger partial charge in [0.2, 0.25) is 5.60 Å². The van der Waals surface area contributed by atoms with Crippen LogP contribution >= 0.6 is 23.2 Å². The van der Waals surface area contributed by atoms with Crippen LogP contribution in [0.5, 0.6) is 5.75 Å². The van der Waals surface area contributed by atoms with Crippen molar-refractivity contribution in [3.8, 4) is 5.75 Å². The molecular weight excluding hydrogens is 1430 g/mol. The van der Waals surface area contributed by atoms with Crippen LogP contribution in [0.25, 0.3) is 16.5 Å². The number of carbonyl (C=O) groups is 6. The normalized spacial score (nSPS) is 36.5. The lowest BCUT2D eigenvalue weighted by Gasteiger charge is -2.63. The summed E-state index contributed by atoms with van der Waals surface area (Å²) in [5.41, 5.74) is 6.04. The molecule has 13 aliphatic rings. The third kappa shape index (κ3) is 11.2. The average Bonchev–Trinajstić information content (AvgIpc) is 1.46. The molecule has 18 atom stereocenters. The van der Waals surface area contributed by atoms with Crippen molar-refractivity contribution in [3.05, 3.63) is 163 Å². The van der Waals surface area contributed by atoms with E-state index in [1.165, 1.54) is 61.6 Å². The lowest BCUT2D eigenvalue weighted by Crippen LogP contribution is -2.81. The van der Waals surface area contributed by atoms with Crippen LogP contribution in [0.1, 0.15) is 170 Å². The summed E-state index contributed by atoms with van der Waals surface area (Å²) < 4.78 is 29.8. The minimum absolute atomic E-state index is 0.0423. The van der Waals surface area contributed by atoms with Crippen LogP contribution in [0, 0.1) is 51.8 Å². The highest BCUT2D eigenvalue weighted by atomic mass is 35.5. The largest absolute Gasteiger partial charge is 0.496 e. The van der Waals surface area contributed by atoms with E-state index in [2.05, 4.69) is 82.5 Å². The molecule has 8 heterocycles. The summed E-state index contributed by atoms with van der Waals surface area (Å²) in [6.45, 7) is 18.2. The molecule has 2 bridgehead atoms. The van der Waals surface area contributed by atoms with E-state index in [4.69, 9.17) is 51.9 Å². The molecule has 19 nitrogen and oxygen atoms in total. The first kappa shape index (κ1) is 76.5. The Bertz CT molecular complexity index is 4770. The topological polar surface area (TPSA) is 239 Å². The number of esters is 4. The number of aromatic nitrogens is 2. The van der Waals surface area contributed by atoms with E-state index in [-0.39, 0.29) is 58.1 Å². The number of aromatic amines is 1. The number of rotatable bonds is 9. The predicted molar refractivity (Wildman–Crippen MR) is 421 cm³/mol. The highest BCUT2D eigenvalue weighted by Gasteiger charge is 2.81. The maximum absolute atomic E-state index is 15.3. The molecule has 5 aromatic rings. The Labute approximate surface area is 655 Å². The average molecular weight is 1540 g/mol. The number of nitrogens with zero attached hydrogens (tertiary/aromatic N) is 4. The van der Waals surface area contributed by atoms with Crippen molar-refractivity contribution >= 4 is 80.8 Å². The number of benzene rings is 3. The number of anilines is 1. The van der Waals surface area contributed by atoms with Gasteiger partial charge >= 0.3 is 23.9 Å². The van der Waals surface area contributed by atoms with Crippen LogP contribution in [-0.4, -0.2) is 175 Å². The Morgan fingerprint density at radius 1 is 0.782 bits per heavy atom. The van der Waals surface area contributed by atoms with Gasteiger partial charge in [-0.3, -0.25) is 38.8 Å². The Hall–Kier alpha value is -7.49. The van der Waals surface area contributed by atoms with Crippen molar-refractivity contribution < 1.29 is 62.7 Å². The number of hydrogen-bond acceptors (Lipinski definition) is 18. The lowest BCUT2D eigenvalue weighted by atomic mass is 9.47. The minimum Gasteiger partial charge on any atom is -0.496 e. The summed E-state index contributed by atoms with van der Waals surface area (Å²) in [6.07, 6.45) is 20.3. The summed E-state index contributed by atoms with van der Waals surface area (Å²) >= 11 is 13.0. The zero-order valence-electron chi connectivity index (χ0n) is 65.4. The highest BCUT2D eigenvalue weighted by Crippen LogP contribution is 2.74. The summed E-state index contributed by atoms with van der Waals surface area (Å²) in [4.78, 5) is 95.0. The van der Waals surface area contributed by atoms with Crippen LogP contribution in [0.4, 0.5) is 5.69 Å². The van der Waals surface area contributed by atoms with Crippen LogP contribution in [0.15, 0.2) is 113 Å². The monoisotopic (exact) mass is 1540 g/mol. The third-order valence-electron chi connectivity index (χ3n) is 29.8. The van der Waals surface area contributed by atoms with E-state index in [0.29, 0.717) is 106 Å². The number of likely N-dealkylation sites (N-methyl/N-ethyl adjacent to an activating group) is 1. The van der Waals surface area contributed by atoms with Gasteiger partial charge in [0.15, 0.2) is 23.3 Å². The molecule has 0 unspecified atom stereocenters. The van der Waals surface area contributed by atoms with Gasteiger partial charge in [-0.25, -0.2) is 4.79 Å². The maximum Gasteiger partial charge on any atom is 0.344 e. The molecule has 3 saturated heterocycles. The smallest absolute Gasteiger partial charge is 0.344 e. The summed E-state index contributed by atoms with van der Waals surface area (Å²) in [6, 6.07) is 21.5. The second-order valence-electron chi connectivity index (χ2n) is 34.7. The fourth-order valence-corrected chi connectivity index (χ4v) is 25.7. The van der Waals surface area contributed by atoms with Gasteiger partial charge in [-0.2, -0.15) is 0 Å². The van der Waals surface area contributed by atoms with E-state index in [0.717, 1.165) is 108 Å². The number of halogens is 2. The third-order valence-corrected chi connectivity index (χ3v) is 30.4. The van der Waals surface area contributed by atoms with Crippen molar-refractivity contribution in [1.29, 1.82) is 0 Å². The fraction of sp³-hybridized carbons (Fsp3) is 0.562. The van der Waals surface area contributed by atoms with Gasteiger partial charge in [0.05, 0.1) is 38.7 Å². The van der Waals surface area contributed by atoms with Crippen molar-refractivity contribution in [2.45, 2.75) is 191 Å². The van der Waals surface area contributed by atoms with E-state index in [9.17, 15) is 34.2 Å². The number of hydrogen-bond donors (Lipinski definition) is 4. The Morgan fingerprint density at radius 3 is 2.25 bits per heavy atom. The zero-order valence-corrected chi connectivity index (χ0v) is 66.9. The number of ether oxygens (including phenoxy) is 5. The summed E-state index contributed by atoms with van der Waals surface area (Å²) in [5, 5.41) is 31.3. The quantitative estimate of drug-likeness (QED) is 0.0609. The number of para-hydroxylation sites is 1. The van der Waals surface area contributed by atoms with E-state index < -0.39 is 63.1 Å². The zero-order chi connectivity index (χ0) is 77.7. The highest BCUT2D eigenvalue weighted by molar-refractivity contribution is 6.33. The molecule has 1 spiro atoms. The standard InChI is InChI=1S/C46H58N4O9.C24H29ClO4.C19H19ClN2/c1-8-42(54)23-28-24-45(40(52)57-6,36-30(15-19-49(25-28)26-42)29-13-10-11-14-33(29)47-36)32-21-31-34(22-35(32)56-5)48(4)38-44(31)17-20-50-18-12-16-43(9-2,37(44)50)39(59-27(3)51)46(38,55)41(53)58-7;1-12(26)24(29-13(2)27)8-6-16-14-10-20(25)19-11-21(28)15-9-18(15)23(19,4)17(14)5-7-22(16,24)3;20-16-5-6-17-15(12-16)4-3-14-2-1-9-22-19(14)18(17)13-7-10-21-11-8-13/h10-14,16,21-22,28,37-39,47,54-55H,8-9,15,17-20,23-26H2,1-7H3;10-11,14-18H,5-9H2,1-4H3;1-2,5-6,9,12,21H,3-4,7-8,10-11H2/t28-,37-,38+,39+,42-,43+,44+,45-,46-;14-,15+,16-,17-,18-,22-,23-,24-;/m00./s1. The van der Waals surface area contributed by atoms with Crippen LogP contribution < -0.4 is 15.0 Å². The molecule has 7 fully saturated rings. The number of H-pyrrole nitrogens is 1. The number of aryl methyl sites for hydroxylation is 2. The van der Waals surface area contributed by atoms with E-state index in [1.54, 1.807) is 14.0 Å². The maximum atomic E-state index is 15.3. The van der Waals surface area contributed by atoms with Gasteiger partial charge < -0.3 is 49.1 Å². The molecular formula is C89H106Cl2N6O13. The molecule has 4 N–H and O–H groups in total. The summed E-state index contributed by atoms with van der Waals surface area (Å²) in [7, 11) is 6.15. The van der Waals surface area contributed by atoms with Crippen LogP contribution in [-0.2, 0) is 77.8 Å². The molecule has 584 valence electrons. The second-order valence-corrected chi connectivity index (χ2v) is 35.6. The number of carbonyl (C=O) groups excluding carboxylic acids is 6. The van der Waals surface area contributed by atoms with Gasteiger partial charge in [-0.05, 0) is 222 Å². The van der Waals surface area contributed by atoms with E-state index in [1.807, 2.05) is 74.5 Å². The van der Waals surface area contributed by atoms with E-state index >= 15 is 4.79 Å². The Morgan fingerprint density at radius 2 is 1.54 bits per heavy atom. The van der Waals surface area contributed by atoms with Gasteiger partial charge in [0, 0.05) is 136 Å². The Kier molecular flexibility index (Phi) is 19.4. The first-order valence-electron chi connectivity index (χ1n) is 40.1. The molecule has 110 heavy (non-hydrogen) atoms. The number of methoxy groups -OCH3 is 3. The molecule has 7 aliphatic carbocycles. The molecule has 0 radical (unpaired) electrons. The number of nitrogens with one attached hydrogen (secondary N) is 2. The predicted octanol–water partition coefficient (Wildman–Crippen LogP) is 12.6. The van der Waals surface area contributed by atoms with Crippen molar-refractivity contribution in [3.63, 3.8) is 0 Å². The van der Waals surface area contributed by atoms with Gasteiger partial charge in [-0.15, -0.1) is 0 Å². The summed E-state index contributed by atoms with van der Waals surface area (Å²) in [5.74, 6) is -0.294. The lowest BCUT2D eigenvalue weighted by molar-refractivity contribution is -0.228. The number of Topliss-reactive ketones (excluding diaryl/α,β-unsaturated/α-hetero) is 1. The second kappa shape index (κ2) is 28.0. The SMILES string of the molecule is CC(=O)O[C@]1(C(C)=O)CC[C@H]2[C@@H]3C=C(Cl)C4=CC(=O)[C@@H]5C[C@@H]5[C@]4(C)[C@H]3CC[C@@]21C.CC[C@]1(O)C[C@@H]2C[N@@](CCc3c([nH]c4ccccc34)[C@@](C(=O)OC)(c3cc4c(cc3OC)N(C)[C@H]3[C@@](O)(C(=O)OC)[C@H](OC(C)=O)[C@]5(CC)C=CCN6CC[C@]43[C@@H]65)C2)C1.Clc1ccc2c(c1)CCc1cccnc1C2=C1CCNCC1.